The summed E-state index contributed by atoms with van der Waals surface area (Å²) in [6.45, 7) is 4.17. The quantitative estimate of drug-likeness (QED) is 0.830. The molecule has 0 atom stereocenters. The first-order chi connectivity index (χ1) is 8.58. The summed E-state index contributed by atoms with van der Waals surface area (Å²) in [5.74, 6) is 0. The fourth-order valence-electron chi connectivity index (χ4n) is 1.68. The van der Waals surface area contributed by atoms with Gasteiger partial charge in [-0.2, -0.15) is 0 Å². The lowest BCUT2D eigenvalue weighted by Gasteiger charge is -2.11. The Labute approximate surface area is 112 Å². The smallest absolute Gasteiger partial charge is 0.124 e. The number of aromatic nitrogens is 1. The van der Waals surface area contributed by atoms with Crippen molar-refractivity contribution in [3.05, 3.63) is 53.3 Å². The molecule has 0 bridgehead atoms. The average molecular weight is 257 g/mol. The molecule has 0 radical (unpaired) electrons. The van der Waals surface area contributed by atoms with E-state index >= 15 is 0 Å². The first-order valence-electron chi connectivity index (χ1n) is 5.67. The summed E-state index contributed by atoms with van der Waals surface area (Å²) in [5, 5.41) is 3.29. The van der Waals surface area contributed by atoms with Crippen LogP contribution in [0.4, 0.5) is 11.4 Å². The zero-order chi connectivity index (χ0) is 13.1. The third kappa shape index (κ3) is 2.65. The molecule has 0 unspecified atom stereocenters. The van der Waals surface area contributed by atoms with Gasteiger partial charge in [0.05, 0.1) is 5.69 Å². The molecule has 2 rings (SSSR count). The number of nitrogens with zero attached hydrogens (tertiary/aromatic N) is 1. The topological polar surface area (TPSA) is 50.9 Å². The number of rotatable bonds is 3. The van der Waals surface area contributed by atoms with Crippen LogP contribution >= 0.6 is 12.2 Å². The van der Waals surface area contributed by atoms with Crippen molar-refractivity contribution >= 4 is 28.6 Å². The first-order valence-corrected chi connectivity index (χ1v) is 6.08. The van der Waals surface area contributed by atoms with Crippen molar-refractivity contribution < 1.29 is 0 Å². The van der Waals surface area contributed by atoms with E-state index in [-0.39, 0.29) is 0 Å². The maximum atomic E-state index is 5.65. The molecular formula is C14H15N3S. The summed E-state index contributed by atoms with van der Waals surface area (Å²) in [5.41, 5.74) is 10.6. The maximum Gasteiger partial charge on any atom is 0.124 e. The Morgan fingerprint density at radius 1 is 1.22 bits per heavy atom. The molecule has 4 heteroatoms. The van der Waals surface area contributed by atoms with Gasteiger partial charge in [0, 0.05) is 11.9 Å². The summed E-state index contributed by atoms with van der Waals surface area (Å²) in [7, 11) is 0. The minimum atomic E-state index is 0.293. The number of aryl methyl sites for hydroxylation is 2. The monoisotopic (exact) mass is 257 g/mol. The lowest BCUT2D eigenvalue weighted by molar-refractivity contribution is 1.28. The lowest BCUT2D eigenvalue weighted by atomic mass is 10.1. The number of pyridine rings is 1. The third-order valence-corrected chi connectivity index (χ3v) is 3.02. The molecule has 0 saturated carbocycles. The second kappa shape index (κ2) is 5.14. The summed E-state index contributed by atoms with van der Waals surface area (Å²) >= 11 is 4.99. The molecule has 2 aromatic rings. The van der Waals surface area contributed by atoms with Crippen molar-refractivity contribution in [1.82, 2.24) is 4.98 Å². The average Bonchev–Trinajstić information content (AvgIpc) is 2.34. The Hall–Kier alpha value is -1.94. The number of hydrogen-bond donors (Lipinski definition) is 2. The van der Waals surface area contributed by atoms with E-state index in [2.05, 4.69) is 36.3 Å². The predicted molar refractivity (Wildman–Crippen MR) is 79.3 cm³/mol. The molecule has 1 aromatic carbocycles. The number of nitrogens with two attached hydrogens (primary N) is 1. The van der Waals surface area contributed by atoms with Gasteiger partial charge in [0.2, 0.25) is 0 Å². The van der Waals surface area contributed by atoms with Crippen LogP contribution in [-0.4, -0.2) is 9.97 Å². The fourth-order valence-corrected chi connectivity index (χ4v) is 1.84. The highest BCUT2D eigenvalue weighted by molar-refractivity contribution is 7.80. The summed E-state index contributed by atoms with van der Waals surface area (Å²) in [4.78, 5) is 4.48. The van der Waals surface area contributed by atoms with Crippen molar-refractivity contribution in [2.75, 3.05) is 5.32 Å². The summed E-state index contributed by atoms with van der Waals surface area (Å²) in [6.07, 6.45) is 1.68. The van der Waals surface area contributed by atoms with E-state index in [1.807, 2.05) is 18.2 Å². The van der Waals surface area contributed by atoms with Gasteiger partial charge in [-0.15, -0.1) is 0 Å². The Morgan fingerprint density at radius 3 is 2.67 bits per heavy atom. The third-order valence-electron chi connectivity index (χ3n) is 2.83. The molecule has 0 saturated heterocycles. The van der Waals surface area contributed by atoms with Crippen LogP contribution in [0.1, 0.15) is 16.8 Å². The van der Waals surface area contributed by atoms with Crippen LogP contribution in [-0.2, 0) is 0 Å². The lowest BCUT2D eigenvalue weighted by Crippen LogP contribution is -2.13. The normalized spacial score (nSPS) is 10.1. The van der Waals surface area contributed by atoms with Gasteiger partial charge in [-0.3, -0.25) is 4.98 Å². The molecule has 0 aliphatic rings. The predicted octanol–water partition coefficient (Wildman–Crippen LogP) is 3.08. The molecule has 92 valence electrons. The number of thiocarbonyl (C=S) groups is 1. The van der Waals surface area contributed by atoms with Crippen LogP contribution in [0.5, 0.6) is 0 Å². The molecule has 0 aliphatic heterocycles. The second-order valence-corrected chi connectivity index (χ2v) is 4.63. The van der Waals surface area contributed by atoms with Crippen molar-refractivity contribution in [3.63, 3.8) is 0 Å². The molecule has 0 spiro atoms. The van der Waals surface area contributed by atoms with Crippen LogP contribution in [0.2, 0.25) is 0 Å². The standard InChI is InChI=1S/C14H15N3S/c1-9-5-6-11(8-10(9)2)17-12-4-3-7-16-13(12)14(15)18/h3-8,17H,1-2H3,(H2,15,18). The molecular weight excluding hydrogens is 242 g/mol. The van der Waals surface area contributed by atoms with Crippen LogP contribution in [0, 0.1) is 13.8 Å². The van der Waals surface area contributed by atoms with Gasteiger partial charge in [-0.1, -0.05) is 18.3 Å². The van der Waals surface area contributed by atoms with E-state index in [1.165, 1.54) is 11.1 Å². The van der Waals surface area contributed by atoms with Gasteiger partial charge < -0.3 is 11.1 Å². The van der Waals surface area contributed by atoms with E-state index in [9.17, 15) is 0 Å². The zero-order valence-corrected chi connectivity index (χ0v) is 11.2. The van der Waals surface area contributed by atoms with E-state index in [0.717, 1.165) is 11.4 Å². The fraction of sp³-hybridized carbons (Fsp3) is 0.143. The van der Waals surface area contributed by atoms with Gasteiger partial charge in [-0.25, -0.2) is 0 Å². The number of anilines is 2. The van der Waals surface area contributed by atoms with Crippen molar-refractivity contribution in [1.29, 1.82) is 0 Å². The Balaban J connectivity index is 2.34. The Kier molecular flexibility index (Phi) is 3.58. The Bertz CT molecular complexity index is 593. The number of nitrogens with one attached hydrogen (secondary N) is 1. The van der Waals surface area contributed by atoms with Crippen LogP contribution in [0.25, 0.3) is 0 Å². The van der Waals surface area contributed by atoms with E-state index in [4.69, 9.17) is 18.0 Å². The summed E-state index contributed by atoms with van der Waals surface area (Å²) < 4.78 is 0. The number of benzene rings is 1. The Morgan fingerprint density at radius 2 is 2.00 bits per heavy atom. The van der Waals surface area contributed by atoms with E-state index < -0.39 is 0 Å². The van der Waals surface area contributed by atoms with Gasteiger partial charge in [0.1, 0.15) is 10.7 Å². The van der Waals surface area contributed by atoms with Crippen molar-refractivity contribution in [2.24, 2.45) is 5.73 Å². The van der Waals surface area contributed by atoms with Gasteiger partial charge >= 0.3 is 0 Å². The second-order valence-electron chi connectivity index (χ2n) is 4.19. The molecule has 1 heterocycles. The minimum absolute atomic E-state index is 0.293. The highest BCUT2D eigenvalue weighted by Crippen LogP contribution is 2.21. The minimum Gasteiger partial charge on any atom is -0.388 e. The summed E-state index contributed by atoms with van der Waals surface area (Å²) in [6, 6.07) is 9.96. The molecule has 3 N–H and O–H groups in total. The van der Waals surface area contributed by atoms with Gasteiger partial charge in [0.15, 0.2) is 0 Å². The molecule has 0 fully saturated rings. The van der Waals surface area contributed by atoms with Crippen molar-refractivity contribution in [3.8, 4) is 0 Å². The van der Waals surface area contributed by atoms with Gasteiger partial charge in [-0.05, 0) is 49.2 Å². The molecule has 1 aromatic heterocycles. The molecule has 3 nitrogen and oxygen atoms in total. The highest BCUT2D eigenvalue weighted by atomic mass is 32.1. The number of hydrogen-bond acceptors (Lipinski definition) is 3. The molecule has 0 amide bonds. The van der Waals surface area contributed by atoms with E-state index in [1.54, 1.807) is 6.20 Å². The first kappa shape index (κ1) is 12.5. The van der Waals surface area contributed by atoms with Crippen LogP contribution < -0.4 is 11.1 Å². The van der Waals surface area contributed by atoms with Gasteiger partial charge in [0.25, 0.3) is 0 Å². The molecule has 0 aliphatic carbocycles. The van der Waals surface area contributed by atoms with Crippen LogP contribution in [0.3, 0.4) is 0 Å². The largest absolute Gasteiger partial charge is 0.388 e. The SMILES string of the molecule is Cc1ccc(Nc2cccnc2C(N)=S)cc1C. The highest BCUT2D eigenvalue weighted by Gasteiger charge is 2.06. The van der Waals surface area contributed by atoms with Crippen LogP contribution in [0.15, 0.2) is 36.5 Å². The zero-order valence-electron chi connectivity index (χ0n) is 10.4. The van der Waals surface area contributed by atoms with Crippen molar-refractivity contribution in [2.45, 2.75) is 13.8 Å². The maximum absolute atomic E-state index is 5.65. The molecule has 18 heavy (non-hydrogen) atoms. The van der Waals surface area contributed by atoms with E-state index in [0.29, 0.717) is 10.7 Å².